The molecule has 0 saturated carbocycles. The fourth-order valence-electron chi connectivity index (χ4n) is 1.84. The molecule has 0 aliphatic carbocycles. The van der Waals surface area contributed by atoms with Gasteiger partial charge in [0.2, 0.25) is 0 Å². The van der Waals surface area contributed by atoms with Crippen LogP contribution in [0, 0.1) is 23.7 Å². The molecule has 0 saturated heterocycles. The van der Waals surface area contributed by atoms with Crippen molar-refractivity contribution in [3.8, 4) is 34.8 Å². The van der Waals surface area contributed by atoms with E-state index in [0.717, 1.165) is 11.1 Å². The molecule has 0 bridgehead atoms. The zero-order valence-electron chi connectivity index (χ0n) is 10.6. The van der Waals surface area contributed by atoms with E-state index >= 15 is 0 Å². The number of hydrogen-bond donors (Lipinski definition) is 0. The molecule has 0 fully saturated rings. The summed E-state index contributed by atoms with van der Waals surface area (Å²) in [5, 5.41) is 0. The Morgan fingerprint density at radius 1 is 0.667 bits per heavy atom. The molecule has 2 aromatic carbocycles. The molecule has 0 radical (unpaired) electrons. The van der Waals surface area contributed by atoms with Gasteiger partial charge in [0.1, 0.15) is 0 Å². The van der Waals surface area contributed by atoms with Crippen molar-refractivity contribution in [2.75, 3.05) is 0 Å². The summed E-state index contributed by atoms with van der Waals surface area (Å²) in [5.74, 6) is 12.0. The van der Waals surface area contributed by atoms with Crippen LogP contribution in [0.2, 0.25) is 0 Å². The van der Waals surface area contributed by atoms with E-state index in [1.165, 1.54) is 11.1 Å². The summed E-state index contributed by atoms with van der Waals surface area (Å²) in [6.45, 7) is 3.70. The van der Waals surface area contributed by atoms with Gasteiger partial charge in [-0.1, -0.05) is 36.1 Å². The van der Waals surface area contributed by atoms with Gasteiger partial charge in [-0.05, 0) is 49.2 Å². The average Bonchev–Trinajstić information content (AvgIpc) is 2.40. The van der Waals surface area contributed by atoms with Gasteiger partial charge in [0, 0.05) is 11.1 Å². The molecule has 0 atom stereocenters. The Bertz CT molecular complexity index is 609. The summed E-state index contributed by atoms with van der Waals surface area (Å²) in [6.07, 6.45) is 0. The van der Waals surface area contributed by atoms with E-state index in [4.69, 9.17) is 0 Å². The third-order valence-electron chi connectivity index (χ3n) is 2.60. The van der Waals surface area contributed by atoms with Crippen molar-refractivity contribution in [1.82, 2.24) is 0 Å². The van der Waals surface area contributed by atoms with Gasteiger partial charge in [-0.15, -0.1) is 11.8 Å². The van der Waals surface area contributed by atoms with Gasteiger partial charge in [-0.2, -0.15) is 0 Å². The third-order valence-corrected chi connectivity index (χ3v) is 2.60. The molecular formula is C18H14. The van der Waals surface area contributed by atoms with E-state index in [1.807, 2.05) is 38.1 Å². The molecule has 18 heavy (non-hydrogen) atoms. The highest BCUT2D eigenvalue weighted by Crippen LogP contribution is 2.21. The zero-order chi connectivity index (χ0) is 12.8. The summed E-state index contributed by atoms with van der Waals surface area (Å²) >= 11 is 0. The maximum atomic E-state index is 3.08. The van der Waals surface area contributed by atoms with E-state index in [2.05, 4.69) is 47.9 Å². The molecule has 2 rings (SSSR count). The summed E-state index contributed by atoms with van der Waals surface area (Å²) in [6, 6.07) is 16.5. The monoisotopic (exact) mass is 230 g/mol. The zero-order valence-corrected chi connectivity index (χ0v) is 10.6. The van der Waals surface area contributed by atoms with Crippen molar-refractivity contribution >= 4 is 0 Å². The lowest BCUT2D eigenvalue weighted by molar-refractivity contribution is 1.57. The first kappa shape index (κ1) is 12.0. The molecule has 0 aliphatic rings. The molecule has 0 N–H and O–H groups in total. The first-order valence-corrected chi connectivity index (χ1v) is 5.89. The van der Waals surface area contributed by atoms with E-state index in [1.54, 1.807) is 0 Å². The Kier molecular flexibility index (Phi) is 3.85. The van der Waals surface area contributed by atoms with E-state index in [9.17, 15) is 0 Å². The Hall–Kier alpha value is -2.44. The lowest BCUT2D eigenvalue weighted by atomic mass is 10.0. The average molecular weight is 230 g/mol. The predicted molar refractivity (Wildman–Crippen MR) is 77.0 cm³/mol. The predicted octanol–water partition coefficient (Wildman–Crippen LogP) is 4.10. The molecular weight excluding hydrogens is 216 g/mol. The van der Waals surface area contributed by atoms with Gasteiger partial charge in [0.15, 0.2) is 0 Å². The minimum Gasteiger partial charge on any atom is -0.101 e. The largest absolute Gasteiger partial charge is 0.101 e. The molecule has 86 valence electrons. The SMILES string of the molecule is CC#Cc1cccc(-c2cccc(C#CC)c2)c1. The Balaban J connectivity index is 2.46. The van der Waals surface area contributed by atoms with Crippen molar-refractivity contribution in [2.24, 2.45) is 0 Å². The van der Waals surface area contributed by atoms with Crippen molar-refractivity contribution in [2.45, 2.75) is 13.8 Å². The van der Waals surface area contributed by atoms with E-state index in [0.29, 0.717) is 0 Å². The van der Waals surface area contributed by atoms with Gasteiger partial charge in [-0.3, -0.25) is 0 Å². The maximum Gasteiger partial charge on any atom is 0.0251 e. The van der Waals surface area contributed by atoms with Crippen molar-refractivity contribution in [1.29, 1.82) is 0 Å². The second kappa shape index (κ2) is 5.76. The van der Waals surface area contributed by atoms with Gasteiger partial charge in [-0.25, -0.2) is 0 Å². The molecule has 0 heterocycles. The van der Waals surface area contributed by atoms with Crippen LogP contribution in [0.3, 0.4) is 0 Å². The summed E-state index contributed by atoms with van der Waals surface area (Å²) in [7, 11) is 0. The summed E-state index contributed by atoms with van der Waals surface area (Å²) in [4.78, 5) is 0. The Morgan fingerprint density at radius 2 is 1.11 bits per heavy atom. The smallest absolute Gasteiger partial charge is 0.0251 e. The molecule has 0 aromatic heterocycles. The maximum absolute atomic E-state index is 3.08. The molecule has 2 aromatic rings. The molecule has 0 unspecified atom stereocenters. The minimum atomic E-state index is 1.04. The fourth-order valence-corrected chi connectivity index (χ4v) is 1.84. The number of rotatable bonds is 1. The molecule has 0 heteroatoms. The van der Waals surface area contributed by atoms with Gasteiger partial charge in [0.05, 0.1) is 0 Å². The molecule has 0 spiro atoms. The number of hydrogen-bond acceptors (Lipinski definition) is 0. The first-order valence-electron chi connectivity index (χ1n) is 5.89. The van der Waals surface area contributed by atoms with E-state index in [-0.39, 0.29) is 0 Å². The van der Waals surface area contributed by atoms with Crippen LogP contribution < -0.4 is 0 Å². The standard InChI is InChI=1S/C18H14/c1-3-7-15-9-5-11-17(13-15)18-12-6-10-16(14-18)8-4-2/h5-6,9-14H,1-2H3. The van der Waals surface area contributed by atoms with Crippen LogP contribution in [0.25, 0.3) is 11.1 Å². The minimum absolute atomic E-state index is 1.04. The van der Waals surface area contributed by atoms with Crippen molar-refractivity contribution in [3.05, 3.63) is 59.7 Å². The van der Waals surface area contributed by atoms with Crippen LogP contribution >= 0.6 is 0 Å². The quantitative estimate of drug-likeness (QED) is 0.647. The fraction of sp³-hybridized carbons (Fsp3) is 0.111. The van der Waals surface area contributed by atoms with Crippen molar-refractivity contribution in [3.63, 3.8) is 0 Å². The van der Waals surface area contributed by atoms with Gasteiger partial charge in [0.25, 0.3) is 0 Å². The van der Waals surface area contributed by atoms with Crippen LogP contribution in [0.4, 0.5) is 0 Å². The van der Waals surface area contributed by atoms with Crippen LogP contribution in [0.1, 0.15) is 25.0 Å². The Morgan fingerprint density at radius 3 is 1.50 bits per heavy atom. The highest BCUT2D eigenvalue weighted by atomic mass is 14.0. The van der Waals surface area contributed by atoms with Crippen LogP contribution in [0.5, 0.6) is 0 Å². The molecule has 0 amide bonds. The van der Waals surface area contributed by atoms with Gasteiger partial charge >= 0.3 is 0 Å². The van der Waals surface area contributed by atoms with Crippen LogP contribution in [-0.2, 0) is 0 Å². The van der Waals surface area contributed by atoms with Crippen molar-refractivity contribution < 1.29 is 0 Å². The summed E-state index contributed by atoms with van der Waals surface area (Å²) in [5.41, 5.74) is 4.44. The normalized spacial score (nSPS) is 8.78. The molecule has 0 aliphatic heterocycles. The lowest BCUT2D eigenvalue weighted by Gasteiger charge is -2.03. The van der Waals surface area contributed by atoms with Crippen LogP contribution in [0.15, 0.2) is 48.5 Å². The number of benzene rings is 2. The highest BCUT2D eigenvalue weighted by Gasteiger charge is 1.98. The molecule has 0 nitrogen and oxygen atoms in total. The summed E-state index contributed by atoms with van der Waals surface area (Å²) < 4.78 is 0. The first-order chi connectivity index (χ1) is 8.83. The Labute approximate surface area is 109 Å². The van der Waals surface area contributed by atoms with E-state index < -0.39 is 0 Å². The second-order valence-corrected chi connectivity index (χ2v) is 3.91. The van der Waals surface area contributed by atoms with Gasteiger partial charge < -0.3 is 0 Å². The third kappa shape index (κ3) is 2.82. The topological polar surface area (TPSA) is 0 Å². The lowest BCUT2D eigenvalue weighted by Crippen LogP contribution is -1.82. The van der Waals surface area contributed by atoms with Crippen LogP contribution in [-0.4, -0.2) is 0 Å². The second-order valence-electron chi connectivity index (χ2n) is 3.91. The highest BCUT2D eigenvalue weighted by molar-refractivity contribution is 5.67.